The summed E-state index contributed by atoms with van der Waals surface area (Å²) in [6.07, 6.45) is 64.7. The predicted octanol–water partition coefficient (Wildman–Crippen LogP) is 17.1. The highest BCUT2D eigenvalue weighted by molar-refractivity contribution is 7.45. The van der Waals surface area contributed by atoms with Crippen LogP contribution in [0.4, 0.5) is 0 Å². The number of aliphatic hydroxyl groups is 1. The molecule has 402 valence electrons. The molecule has 9 heteroatoms. The Labute approximate surface area is 423 Å². The van der Waals surface area contributed by atoms with Crippen LogP contribution >= 0.6 is 7.82 Å². The lowest BCUT2D eigenvalue weighted by atomic mass is 10.0. The van der Waals surface area contributed by atoms with Crippen LogP contribution in [0.5, 0.6) is 0 Å². The van der Waals surface area contributed by atoms with Crippen molar-refractivity contribution < 1.29 is 32.9 Å². The third kappa shape index (κ3) is 52.5. The average molecular weight is 980 g/mol. The number of nitrogens with one attached hydrogen (secondary N) is 1. The molecular formula is C59H115N2O6P. The van der Waals surface area contributed by atoms with Gasteiger partial charge in [-0.1, -0.05) is 269 Å². The van der Waals surface area contributed by atoms with E-state index in [0.717, 1.165) is 64.2 Å². The summed E-state index contributed by atoms with van der Waals surface area (Å²) in [7, 11) is 1.30. The van der Waals surface area contributed by atoms with Gasteiger partial charge < -0.3 is 28.8 Å². The highest BCUT2D eigenvalue weighted by atomic mass is 31.2. The number of likely N-dealkylation sites (N-methyl/N-ethyl adjacent to an activating group) is 1. The van der Waals surface area contributed by atoms with Gasteiger partial charge in [-0.3, -0.25) is 9.36 Å². The van der Waals surface area contributed by atoms with Crippen LogP contribution in [-0.4, -0.2) is 68.5 Å². The molecule has 8 nitrogen and oxygen atoms in total. The quantitative estimate of drug-likeness (QED) is 0.0272. The van der Waals surface area contributed by atoms with Gasteiger partial charge in [-0.2, -0.15) is 0 Å². The van der Waals surface area contributed by atoms with Gasteiger partial charge >= 0.3 is 0 Å². The Morgan fingerprint density at radius 2 is 0.897 bits per heavy atom. The van der Waals surface area contributed by atoms with Gasteiger partial charge in [-0.25, -0.2) is 0 Å². The molecule has 3 atom stereocenters. The third-order valence-electron chi connectivity index (χ3n) is 13.4. The van der Waals surface area contributed by atoms with Crippen LogP contribution < -0.4 is 10.2 Å². The molecule has 0 heterocycles. The monoisotopic (exact) mass is 979 g/mol. The van der Waals surface area contributed by atoms with Crippen LogP contribution in [0, 0.1) is 0 Å². The molecule has 0 radical (unpaired) electrons. The highest BCUT2D eigenvalue weighted by Gasteiger charge is 2.24. The Balaban J connectivity index is 4.08. The van der Waals surface area contributed by atoms with Gasteiger partial charge in [0.1, 0.15) is 13.2 Å². The van der Waals surface area contributed by atoms with E-state index in [1.807, 2.05) is 21.1 Å². The normalized spacial score (nSPS) is 14.2. The van der Waals surface area contributed by atoms with Crippen molar-refractivity contribution >= 4 is 13.7 Å². The number of phosphoric acid groups is 1. The number of aliphatic hydroxyl groups excluding tert-OH is 1. The van der Waals surface area contributed by atoms with E-state index in [4.69, 9.17) is 9.05 Å². The second-order valence-electron chi connectivity index (χ2n) is 21.3. The van der Waals surface area contributed by atoms with Gasteiger partial charge in [0, 0.05) is 6.42 Å². The molecule has 0 aliphatic rings. The zero-order valence-corrected chi connectivity index (χ0v) is 46.7. The lowest BCUT2D eigenvalue weighted by Gasteiger charge is -2.30. The van der Waals surface area contributed by atoms with E-state index < -0.39 is 20.0 Å². The van der Waals surface area contributed by atoms with Crippen molar-refractivity contribution in [2.24, 2.45) is 0 Å². The molecule has 0 rings (SSSR count). The summed E-state index contributed by atoms with van der Waals surface area (Å²) < 4.78 is 23.4. The molecule has 0 spiro atoms. The van der Waals surface area contributed by atoms with Crippen molar-refractivity contribution in [2.75, 3.05) is 40.9 Å². The molecule has 0 aliphatic heterocycles. The fourth-order valence-corrected chi connectivity index (χ4v) is 9.55. The fraction of sp³-hybridized carbons (Fsp3) is 0.881. The summed E-state index contributed by atoms with van der Waals surface area (Å²) in [6.45, 7) is 4.63. The Hall–Kier alpha value is -1.28. The molecule has 2 N–H and O–H groups in total. The van der Waals surface area contributed by atoms with E-state index in [9.17, 15) is 19.4 Å². The minimum atomic E-state index is -4.58. The van der Waals surface area contributed by atoms with E-state index in [0.29, 0.717) is 23.9 Å². The summed E-state index contributed by atoms with van der Waals surface area (Å²) in [4.78, 5) is 25.5. The summed E-state index contributed by atoms with van der Waals surface area (Å²) in [5, 5.41) is 14.0. The SMILES string of the molecule is CC/C=C\C/C=C\C/C=C\CCCCCCCCCC(=O)NC(COP(=O)([O-])OCC[N+](C)(C)C)C(O)CCCCCCCCCCCCCCCCCCCCCCCCCCCCCCC. The van der Waals surface area contributed by atoms with E-state index in [2.05, 4.69) is 55.6 Å². The van der Waals surface area contributed by atoms with E-state index in [1.54, 1.807) is 0 Å². The van der Waals surface area contributed by atoms with E-state index >= 15 is 0 Å². The molecule has 0 aromatic carbocycles. The summed E-state index contributed by atoms with van der Waals surface area (Å²) in [6, 6.07) is -0.807. The van der Waals surface area contributed by atoms with Gasteiger partial charge in [0.2, 0.25) is 5.91 Å². The van der Waals surface area contributed by atoms with Crippen LogP contribution in [0.25, 0.3) is 0 Å². The number of carbonyl (C=O) groups excluding carboxylic acids is 1. The summed E-state index contributed by atoms with van der Waals surface area (Å²) >= 11 is 0. The number of quaternary nitrogens is 1. The van der Waals surface area contributed by atoms with Gasteiger partial charge in [0.15, 0.2) is 0 Å². The molecule has 68 heavy (non-hydrogen) atoms. The molecule has 0 aromatic rings. The van der Waals surface area contributed by atoms with Crippen molar-refractivity contribution in [3.8, 4) is 0 Å². The number of unbranched alkanes of at least 4 members (excludes halogenated alkanes) is 35. The number of carbonyl (C=O) groups is 1. The number of rotatable bonds is 54. The Morgan fingerprint density at radius 3 is 1.31 bits per heavy atom. The van der Waals surface area contributed by atoms with Crippen molar-refractivity contribution in [2.45, 2.75) is 296 Å². The number of phosphoric ester groups is 1. The average Bonchev–Trinajstić information content (AvgIpc) is 3.30. The lowest BCUT2D eigenvalue weighted by molar-refractivity contribution is -0.870. The van der Waals surface area contributed by atoms with Crippen LogP contribution in [0.3, 0.4) is 0 Å². The molecule has 3 unspecified atom stereocenters. The second kappa shape index (κ2) is 50.7. The van der Waals surface area contributed by atoms with Gasteiger partial charge in [-0.15, -0.1) is 0 Å². The first-order valence-electron chi connectivity index (χ1n) is 29.3. The summed E-state index contributed by atoms with van der Waals surface area (Å²) in [5.74, 6) is -0.172. The Bertz CT molecular complexity index is 1200. The molecule has 1 amide bonds. The molecule has 0 aliphatic carbocycles. The van der Waals surface area contributed by atoms with Crippen LogP contribution in [0.15, 0.2) is 36.5 Å². The Morgan fingerprint density at radius 1 is 0.529 bits per heavy atom. The van der Waals surface area contributed by atoms with E-state index in [-0.39, 0.29) is 19.1 Å². The molecule has 0 bridgehead atoms. The number of hydrogen-bond donors (Lipinski definition) is 2. The Kier molecular flexibility index (Phi) is 49.7. The maximum absolute atomic E-state index is 13.0. The van der Waals surface area contributed by atoms with Crippen molar-refractivity contribution in [3.05, 3.63) is 36.5 Å². The number of allylic oxidation sites excluding steroid dienone is 6. The first-order chi connectivity index (χ1) is 33.0. The molecule has 0 aromatic heterocycles. The maximum atomic E-state index is 13.0. The zero-order valence-electron chi connectivity index (χ0n) is 45.8. The second-order valence-corrected chi connectivity index (χ2v) is 22.7. The fourth-order valence-electron chi connectivity index (χ4n) is 8.82. The first-order valence-corrected chi connectivity index (χ1v) is 30.8. The van der Waals surface area contributed by atoms with Crippen LogP contribution in [0.2, 0.25) is 0 Å². The van der Waals surface area contributed by atoms with Crippen molar-refractivity contribution in [1.82, 2.24) is 5.32 Å². The molecule has 0 fully saturated rings. The lowest BCUT2D eigenvalue weighted by Crippen LogP contribution is -2.46. The number of hydrogen-bond acceptors (Lipinski definition) is 6. The standard InChI is InChI=1S/C59H115N2O6P/c1-6-8-10-12-14-16-18-20-22-24-25-26-27-28-29-30-31-32-33-34-35-37-38-40-42-44-46-48-50-52-58(62)57(56-67-68(64,65)66-55-54-61(3,4)5)60-59(63)53-51-49-47-45-43-41-39-36-23-21-19-17-15-13-11-9-7-2/h9,11,15,17,21,23,57-58,62H,6-8,10,12-14,16,18-20,22,24-56H2,1-5H3,(H-,60,63,64,65)/b11-9-,17-15-,23-21-. The zero-order chi connectivity index (χ0) is 49.9. The maximum Gasteiger partial charge on any atom is 0.268 e. The van der Waals surface area contributed by atoms with Crippen molar-refractivity contribution in [3.63, 3.8) is 0 Å². The minimum Gasteiger partial charge on any atom is -0.756 e. The van der Waals surface area contributed by atoms with Crippen LogP contribution in [0.1, 0.15) is 284 Å². The van der Waals surface area contributed by atoms with Gasteiger partial charge in [0.05, 0.1) is 39.9 Å². The third-order valence-corrected chi connectivity index (χ3v) is 14.4. The highest BCUT2D eigenvalue weighted by Crippen LogP contribution is 2.38. The predicted molar refractivity (Wildman–Crippen MR) is 293 cm³/mol. The molecule has 0 saturated heterocycles. The van der Waals surface area contributed by atoms with E-state index in [1.165, 1.54) is 193 Å². The smallest absolute Gasteiger partial charge is 0.268 e. The van der Waals surface area contributed by atoms with Crippen LogP contribution in [-0.2, 0) is 18.4 Å². The first kappa shape index (κ1) is 66.7. The van der Waals surface area contributed by atoms with Gasteiger partial charge in [-0.05, 0) is 44.9 Å². The largest absolute Gasteiger partial charge is 0.756 e. The summed E-state index contributed by atoms with van der Waals surface area (Å²) in [5.41, 5.74) is 0. The molecule has 0 saturated carbocycles. The minimum absolute atomic E-state index is 0.00992. The number of amides is 1. The number of nitrogens with zero attached hydrogens (tertiary/aromatic N) is 1. The topological polar surface area (TPSA) is 108 Å². The van der Waals surface area contributed by atoms with Crippen molar-refractivity contribution in [1.29, 1.82) is 0 Å². The van der Waals surface area contributed by atoms with Gasteiger partial charge in [0.25, 0.3) is 7.82 Å². The molecular weight excluding hydrogens is 864 g/mol.